The van der Waals surface area contributed by atoms with Crippen LogP contribution in [0.25, 0.3) is 0 Å². The van der Waals surface area contributed by atoms with E-state index in [-0.39, 0.29) is 23.1 Å². The largest absolute Gasteiger partial charge is 0.493 e. The van der Waals surface area contributed by atoms with Gasteiger partial charge in [0.05, 0.1) is 35.7 Å². The summed E-state index contributed by atoms with van der Waals surface area (Å²) in [5.74, 6) is -0.413. The molecule has 0 bridgehead atoms. The van der Waals surface area contributed by atoms with Crippen LogP contribution in [0.15, 0.2) is 24.3 Å². The highest BCUT2D eigenvalue weighted by molar-refractivity contribution is 7.16. The lowest BCUT2D eigenvalue weighted by Crippen LogP contribution is -2.30. The Bertz CT molecular complexity index is 808. The lowest BCUT2D eigenvalue weighted by Gasteiger charge is -2.16. The van der Waals surface area contributed by atoms with Gasteiger partial charge in [-0.3, -0.25) is 4.79 Å². The Labute approximate surface area is 165 Å². The van der Waals surface area contributed by atoms with Gasteiger partial charge >= 0.3 is 5.97 Å². The van der Waals surface area contributed by atoms with Gasteiger partial charge in [0.15, 0.2) is 18.1 Å². The van der Waals surface area contributed by atoms with E-state index in [4.69, 9.17) is 37.4 Å². The molecule has 0 aliphatic carbocycles. The van der Waals surface area contributed by atoms with Crippen LogP contribution in [0.5, 0.6) is 11.5 Å². The number of ether oxygens (including phenoxy) is 3. The first-order chi connectivity index (χ1) is 12.3. The Morgan fingerprint density at radius 1 is 1.15 bits per heavy atom. The van der Waals surface area contributed by atoms with E-state index in [0.717, 1.165) is 4.88 Å². The van der Waals surface area contributed by atoms with Crippen molar-refractivity contribution < 1.29 is 23.8 Å². The Hall–Kier alpha value is -1.96. The third-order valence-electron chi connectivity index (χ3n) is 3.44. The average molecular weight is 418 g/mol. The molecule has 0 aliphatic rings. The molecule has 6 nitrogen and oxygen atoms in total. The number of carbonyl (C=O) groups excluding carboxylic acids is 2. The highest BCUT2D eigenvalue weighted by atomic mass is 35.5. The van der Waals surface area contributed by atoms with Gasteiger partial charge in [-0.1, -0.05) is 23.2 Å². The summed E-state index contributed by atoms with van der Waals surface area (Å²) in [7, 11) is 4.49. The molecule has 1 amide bonds. The maximum atomic E-state index is 12.2. The molecule has 0 aliphatic heterocycles. The van der Waals surface area contributed by atoms with Crippen LogP contribution in [0.3, 0.4) is 0 Å². The minimum atomic E-state index is -0.686. The number of carbonyl (C=O) groups is 2. The van der Waals surface area contributed by atoms with E-state index < -0.39 is 5.97 Å². The molecular weight excluding hydrogens is 401 g/mol. The van der Waals surface area contributed by atoms with E-state index in [1.807, 2.05) is 6.07 Å². The predicted molar refractivity (Wildman–Crippen MR) is 101 cm³/mol. The maximum absolute atomic E-state index is 12.2. The molecule has 0 saturated heterocycles. The quantitative estimate of drug-likeness (QED) is 0.639. The second-order valence-electron chi connectivity index (χ2n) is 5.23. The number of halogens is 2. The highest BCUT2D eigenvalue weighted by Gasteiger charge is 2.18. The summed E-state index contributed by atoms with van der Waals surface area (Å²) in [5, 5.41) is 0.205. The van der Waals surface area contributed by atoms with Crippen LogP contribution >= 0.6 is 34.5 Å². The smallest absolute Gasteiger partial charge is 0.338 e. The van der Waals surface area contributed by atoms with E-state index in [1.165, 1.54) is 42.6 Å². The normalized spacial score (nSPS) is 10.3. The molecular formula is C17H17Cl2NO5S. The lowest BCUT2D eigenvalue weighted by atomic mass is 10.2. The van der Waals surface area contributed by atoms with Crippen molar-refractivity contribution in [2.45, 2.75) is 6.54 Å². The first-order valence-corrected chi connectivity index (χ1v) is 8.99. The molecule has 0 atom stereocenters. The summed E-state index contributed by atoms with van der Waals surface area (Å²) in [6.07, 6.45) is 0. The zero-order valence-corrected chi connectivity index (χ0v) is 16.7. The van der Waals surface area contributed by atoms with Crippen LogP contribution in [0.1, 0.15) is 15.2 Å². The van der Waals surface area contributed by atoms with E-state index in [1.54, 1.807) is 13.1 Å². The molecule has 1 aromatic heterocycles. The van der Waals surface area contributed by atoms with Gasteiger partial charge in [0, 0.05) is 11.9 Å². The predicted octanol–water partition coefficient (Wildman–Crippen LogP) is 3.89. The van der Waals surface area contributed by atoms with Crippen molar-refractivity contribution >= 4 is 46.4 Å². The van der Waals surface area contributed by atoms with Gasteiger partial charge in [-0.15, -0.1) is 11.3 Å². The summed E-state index contributed by atoms with van der Waals surface area (Å²) < 4.78 is 16.0. The van der Waals surface area contributed by atoms with Gasteiger partial charge < -0.3 is 19.1 Å². The van der Waals surface area contributed by atoms with Gasteiger partial charge in [0.25, 0.3) is 5.91 Å². The number of esters is 1. The molecule has 0 fully saturated rings. The summed E-state index contributed by atoms with van der Waals surface area (Å²) in [6, 6.07) is 6.44. The number of benzene rings is 1. The molecule has 0 spiro atoms. The third kappa shape index (κ3) is 5.03. The van der Waals surface area contributed by atoms with Gasteiger partial charge in [-0.2, -0.15) is 0 Å². The molecule has 140 valence electrons. The molecule has 0 saturated carbocycles. The van der Waals surface area contributed by atoms with Gasteiger partial charge in [-0.05, 0) is 24.3 Å². The first kappa shape index (κ1) is 20.4. The first-order valence-electron chi connectivity index (χ1n) is 7.42. The van der Waals surface area contributed by atoms with Crippen LogP contribution in [-0.2, 0) is 16.1 Å². The van der Waals surface area contributed by atoms with Gasteiger partial charge in [0.1, 0.15) is 0 Å². The molecule has 0 N–H and O–H groups in total. The number of methoxy groups -OCH3 is 2. The fraction of sp³-hybridized carbons (Fsp3) is 0.294. The zero-order chi connectivity index (χ0) is 19.3. The Morgan fingerprint density at radius 3 is 2.46 bits per heavy atom. The fourth-order valence-corrected chi connectivity index (χ4v) is 3.54. The number of thiophene rings is 1. The molecule has 9 heteroatoms. The van der Waals surface area contributed by atoms with Crippen LogP contribution in [0, 0.1) is 0 Å². The maximum Gasteiger partial charge on any atom is 0.338 e. The lowest BCUT2D eigenvalue weighted by molar-refractivity contribution is -0.133. The summed E-state index contributed by atoms with van der Waals surface area (Å²) in [6.45, 7) is -0.00361. The number of hydrogen-bond donors (Lipinski definition) is 0. The molecule has 1 heterocycles. The highest BCUT2D eigenvalue weighted by Crippen LogP contribution is 2.36. The topological polar surface area (TPSA) is 65.1 Å². The summed E-state index contributed by atoms with van der Waals surface area (Å²) in [4.78, 5) is 26.7. The zero-order valence-electron chi connectivity index (χ0n) is 14.4. The monoisotopic (exact) mass is 417 g/mol. The standard InChI is InChI=1S/C17H17Cl2NO5S/c1-20(8-11-4-5-14(19)26-11)15(21)9-25-17(22)10-6-12(18)16(24-3)13(7-10)23-2/h4-7H,8-9H2,1-3H3. The molecule has 0 radical (unpaired) electrons. The van der Waals surface area contributed by atoms with Crippen molar-refractivity contribution in [1.29, 1.82) is 0 Å². The fourth-order valence-electron chi connectivity index (χ4n) is 2.12. The molecule has 1 aromatic carbocycles. The second-order valence-corrected chi connectivity index (χ2v) is 7.43. The van der Waals surface area contributed by atoms with Gasteiger partial charge in [0.2, 0.25) is 0 Å². The van der Waals surface area contributed by atoms with Crippen LogP contribution < -0.4 is 9.47 Å². The second kappa shape index (κ2) is 9.12. The van der Waals surface area contributed by atoms with E-state index in [9.17, 15) is 9.59 Å². The van der Waals surface area contributed by atoms with Gasteiger partial charge in [-0.25, -0.2) is 4.79 Å². The van der Waals surface area contributed by atoms with Crippen molar-refractivity contribution in [2.24, 2.45) is 0 Å². The minimum absolute atomic E-state index is 0.160. The van der Waals surface area contributed by atoms with Crippen LogP contribution in [0.4, 0.5) is 0 Å². The van der Waals surface area contributed by atoms with Crippen LogP contribution in [-0.4, -0.2) is 44.7 Å². The summed E-state index contributed by atoms with van der Waals surface area (Å²) in [5.41, 5.74) is 0.160. The SMILES string of the molecule is COc1cc(C(=O)OCC(=O)N(C)Cc2ccc(Cl)s2)cc(Cl)c1OC. The Morgan fingerprint density at radius 2 is 1.88 bits per heavy atom. The minimum Gasteiger partial charge on any atom is -0.493 e. The van der Waals surface area contributed by atoms with E-state index in [0.29, 0.717) is 22.4 Å². The molecule has 26 heavy (non-hydrogen) atoms. The molecule has 0 unspecified atom stereocenters. The third-order valence-corrected chi connectivity index (χ3v) is 4.94. The van der Waals surface area contributed by atoms with Crippen molar-refractivity contribution in [2.75, 3.05) is 27.9 Å². The Kier molecular flexibility index (Phi) is 7.14. The van der Waals surface area contributed by atoms with Crippen molar-refractivity contribution in [3.8, 4) is 11.5 Å². The number of hydrogen-bond acceptors (Lipinski definition) is 6. The van der Waals surface area contributed by atoms with Crippen molar-refractivity contribution in [3.63, 3.8) is 0 Å². The molecule has 2 rings (SSSR count). The van der Waals surface area contributed by atoms with Crippen molar-refractivity contribution in [1.82, 2.24) is 4.90 Å². The van der Waals surface area contributed by atoms with E-state index >= 15 is 0 Å². The van der Waals surface area contributed by atoms with Crippen LogP contribution in [0.2, 0.25) is 9.36 Å². The van der Waals surface area contributed by atoms with E-state index in [2.05, 4.69) is 0 Å². The number of likely N-dealkylation sites (N-methyl/N-ethyl adjacent to an activating group) is 1. The van der Waals surface area contributed by atoms with Crippen molar-refractivity contribution in [3.05, 3.63) is 44.1 Å². The summed E-state index contributed by atoms with van der Waals surface area (Å²) >= 11 is 13.3. The molecule has 2 aromatic rings. The average Bonchev–Trinajstić information content (AvgIpc) is 3.03. The number of amides is 1. The number of rotatable bonds is 7. The number of nitrogens with zero attached hydrogens (tertiary/aromatic N) is 1. The Balaban J connectivity index is 1.97.